The summed E-state index contributed by atoms with van der Waals surface area (Å²) in [6.45, 7) is 1.01. The van der Waals surface area contributed by atoms with Gasteiger partial charge in [0.25, 0.3) is 5.91 Å². The van der Waals surface area contributed by atoms with Crippen LogP contribution in [0, 0.1) is 5.82 Å². The van der Waals surface area contributed by atoms with Crippen molar-refractivity contribution in [2.75, 3.05) is 33.4 Å². The van der Waals surface area contributed by atoms with Crippen LogP contribution in [0.2, 0.25) is 10.0 Å². The fourth-order valence-corrected chi connectivity index (χ4v) is 4.52. The van der Waals surface area contributed by atoms with E-state index in [4.69, 9.17) is 27.9 Å². The van der Waals surface area contributed by atoms with Crippen molar-refractivity contribution in [1.82, 2.24) is 14.8 Å². The van der Waals surface area contributed by atoms with Gasteiger partial charge in [0, 0.05) is 49.4 Å². The average Bonchev–Trinajstić information content (AvgIpc) is 3.34. The monoisotopic (exact) mass is 555 g/mol. The lowest BCUT2D eigenvalue weighted by molar-refractivity contribution is -0.132. The van der Waals surface area contributed by atoms with Crippen LogP contribution < -0.4 is 0 Å². The molecule has 0 aliphatic heterocycles. The minimum atomic E-state index is -0.354. The molecule has 1 heterocycles. The number of rotatable bonds is 11. The van der Waals surface area contributed by atoms with Crippen molar-refractivity contribution in [1.29, 1.82) is 0 Å². The van der Waals surface area contributed by atoms with Crippen LogP contribution in [0.1, 0.15) is 21.5 Å². The number of carbonyl (C=O) groups excluding carboxylic acids is 2. The summed E-state index contributed by atoms with van der Waals surface area (Å²) in [5.41, 5.74) is 3.22. The Bertz CT molecular complexity index is 1410. The maximum absolute atomic E-state index is 13.6. The van der Waals surface area contributed by atoms with Crippen LogP contribution in [0.5, 0.6) is 0 Å². The number of aromatic nitrogens is 1. The first-order valence-electron chi connectivity index (χ1n) is 12.2. The molecule has 0 aliphatic rings. The Morgan fingerprint density at radius 2 is 1.71 bits per heavy atom. The Morgan fingerprint density at radius 1 is 0.947 bits per heavy atom. The zero-order valence-corrected chi connectivity index (χ0v) is 22.4. The Hall–Kier alpha value is -3.39. The number of halogens is 3. The molecule has 0 bridgehead atoms. The molecule has 0 atom stereocenters. The minimum Gasteiger partial charge on any atom is -0.383 e. The van der Waals surface area contributed by atoms with Gasteiger partial charge in [-0.25, -0.2) is 4.39 Å². The van der Waals surface area contributed by atoms with Gasteiger partial charge in [0.05, 0.1) is 16.7 Å². The van der Waals surface area contributed by atoms with E-state index < -0.39 is 0 Å². The molecule has 3 aromatic carbocycles. The van der Waals surface area contributed by atoms with Gasteiger partial charge in [-0.2, -0.15) is 0 Å². The second kappa shape index (κ2) is 12.9. The predicted molar refractivity (Wildman–Crippen MR) is 148 cm³/mol. The summed E-state index contributed by atoms with van der Waals surface area (Å²) in [5.74, 6) is -0.936. The molecule has 4 rings (SSSR count). The van der Waals surface area contributed by atoms with Crippen LogP contribution >= 0.6 is 23.2 Å². The van der Waals surface area contributed by atoms with Crippen molar-refractivity contribution in [2.45, 2.75) is 13.0 Å². The quantitative estimate of drug-likeness (QED) is 0.248. The number of carbonyl (C=O) groups is 2. The lowest BCUT2D eigenvalue weighted by Gasteiger charge is -2.28. The molecule has 0 radical (unpaired) electrons. The molecule has 0 saturated carbocycles. The molecule has 4 aromatic rings. The Morgan fingerprint density at radius 3 is 2.45 bits per heavy atom. The molecule has 0 saturated heterocycles. The number of para-hydroxylation sites is 1. The zero-order chi connectivity index (χ0) is 27.1. The molecule has 6 nitrogen and oxygen atoms in total. The molecule has 198 valence electrons. The number of ether oxygens (including phenoxy) is 1. The van der Waals surface area contributed by atoms with Gasteiger partial charge in [-0.1, -0.05) is 53.5 Å². The smallest absolute Gasteiger partial charge is 0.254 e. The molecule has 0 unspecified atom stereocenters. The Balaban J connectivity index is 1.55. The van der Waals surface area contributed by atoms with Crippen molar-refractivity contribution in [3.05, 3.63) is 105 Å². The van der Waals surface area contributed by atoms with Crippen LogP contribution in [0.15, 0.2) is 72.9 Å². The van der Waals surface area contributed by atoms with Crippen LogP contribution in [-0.4, -0.2) is 59.9 Å². The van der Waals surface area contributed by atoms with Crippen LogP contribution in [0.25, 0.3) is 10.9 Å². The Labute approximate surface area is 230 Å². The number of hydrogen-bond acceptors (Lipinski definition) is 3. The van der Waals surface area contributed by atoms with Crippen LogP contribution in [0.3, 0.4) is 0 Å². The molecular weight excluding hydrogens is 528 g/mol. The van der Waals surface area contributed by atoms with E-state index in [1.807, 2.05) is 30.5 Å². The summed E-state index contributed by atoms with van der Waals surface area (Å²) in [5, 5.41) is 1.69. The van der Waals surface area contributed by atoms with Crippen LogP contribution in [-0.2, 0) is 22.5 Å². The van der Waals surface area contributed by atoms with Gasteiger partial charge in [-0.05, 0) is 53.9 Å². The highest BCUT2D eigenvalue weighted by Gasteiger charge is 2.23. The molecule has 0 spiro atoms. The molecule has 38 heavy (non-hydrogen) atoms. The summed E-state index contributed by atoms with van der Waals surface area (Å²) < 4.78 is 18.7. The molecular formula is C29H28Cl2FN3O3. The topological polar surface area (TPSA) is 65.6 Å². The van der Waals surface area contributed by atoms with Gasteiger partial charge >= 0.3 is 0 Å². The van der Waals surface area contributed by atoms with Crippen molar-refractivity contribution < 1.29 is 18.7 Å². The van der Waals surface area contributed by atoms with Crippen molar-refractivity contribution in [2.24, 2.45) is 0 Å². The largest absolute Gasteiger partial charge is 0.383 e. The third-order valence-electron chi connectivity index (χ3n) is 6.31. The summed E-state index contributed by atoms with van der Waals surface area (Å²) in [6, 6.07) is 18.7. The molecule has 2 amide bonds. The number of nitrogens with zero attached hydrogens (tertiary/aromatic N) is 2. The summed E-state index contributed by atoms with van der Waals surface area (Å²) >= 11 is 12.1. The van der Waals surface area contributed by atoms with Gasteiger partial charge < -0.3 is 19.5 Å². The molecule has 9 heteroatoms. The van der Waals surface area contributed by atoms with Gasteiger partial charge in [0.1, 0.15) is 12.4 Å². The number of benzene rings is 3. The highest BCUT2D eigenvalue weighted by atomic mass is 35.5. The first-order valence-corrected chi connectivity index (χ1v) is 12.9. The first-order chi connectivity index (χ1) is 18.4. The van der Waals surface area contributed by atoms with Crippen molar-refractivity contribution in [3.63, 3.8) is 0 Å². The van der Waals surface area contributed by atoms with Gasteiger partial charge in [0.2, 0.25) is 5.91 Å². The lowest BCUT2D eigenvalue weighted by atomic mass is 10.1. The van der Waals surface area contributed by atoms with Crippen molar-refractivity contribution >= 4 is 45.9 Å². The van der Waals surface area contributed by atoms with Gasteiger partial charge in [-0.15, -0.1) is 0 Å². The van der Waals surface area contributed by atoms with Gasteiger partial charge in [0.15, 0.2) is 0 Å². The van der Waals surface area contributed by atoms with Gasteiger partial charge in [-0.3, -0.25) is 9.59 Å². The number of amides is 2. The lowest BCUT2D eigenvalue weighted by Crippen LogP contribution is -2.44. The van der Waals surface area contributed by atoms with Crippen molar-refractivity contribution in [3.8, 4) is 0 Å². The summed E-state index contributed by atoms with van der Waals surface area (Å²) in [7, 11) is 1.53. The molecule has 1 N–H and O–H groups in total. The fraction of sp³-hybridized carbons (Fsp3) is 0.241. The second-order valence-corrected chi connectivity index (χ2v) is 9.71. The fourth-order valence-electron chi connectivity index (χ4n) is 4.22. The number of H-pyrrole nitrogens is 1. The molecule has 0 aliphatic carbocycles. The first kappa shape index (κ1) is 27.6. The SMILES string of the molecule is COCCN(CC(=O)N(CCc1c[nH]c2ccccc12)Cc1ccc(F)cc1)C(=O)c1ccc(Cl)c(Cl)c1. The highest BCUT2D eigenvalue weighted by Crippen LogP contribution is 2.24. The van der Waals surface area contributed by atoms with E-state index in [-0.39, 0.29) is 48.9 Å². The number of aromatic amines is 1. The zero-order valence-electron chi connectivity index (χ0n) is 20.9. The summed E-state index contributed by atoms with van der Waals surface area (Å²) in [4.78, 5) is 33.3. The Kier molecular flexibility index (Phi) is 9.39. The van der Waals surface area contributed by atoms with E-state index in [9.17, 15) is 14.0 Å². The highest BCUT2D eigenvalue weighted by molar-refractivity contribution is 6.42. The van der Waals surface area contributed by atoms with E-state index >= 15 is 0 Å². The van der Waals surface area contributed by atoms with E-state index in [1.165, 1.54) is 30.2 Å². The average molecular weight is 556 g/mol. The minimum absolute atomic E-state index is 0.155. The summed E-state index contributed by atoms with van der Waals surface area (Å²) in [6.07, 6.45) is 2.56. The normalized spacial score (nSPS) is 11.1. The number of hydrogen-bond donors (Lipinski definition) is 1. The maximum Gasteiger partial charge on any atom is 0.254 e. The standard InChI is InChI=1S/C29H28Cl2FN3O3/c1-38-15-14-35(29(37)21-8-11-25(30)26(31)16-21)19-28(36)34(18-20-6-9-23(32)10-7-20)13-12-22-17-33-27-5-3-2-4-24(22)27/h2-11,16-17,33H,12-15,18-19H2,1H3. The molecule has 0 fully saturated rings. The number of methoxy groups -OCH3 is 1. The van der Waals surface area contributed by atoms with E-state index in [2.05, 4.69) is 4.98 Å². The third kappa shape index (κ3) is 6.92. The van der Waals surface area contributed by atoms with E-state index in [1.54, 1.807) is 29.2 Å². The predicted octanol–water partition coefficient (Wildman–Crippen LogP) is 5.97. The second-order valence-electron chi connectivity index (χ2n) is 8.90. The molecule has 1 aromatic heterocycles. The van der Waals surface area contributed by atoms with E-state index in [0.717, 1.165) is 22.0 Å². The van der Waals surface area contributed by atoms with Crippen LogP contribution in [0.4, 0.5) is 4.39 Å². The third-order valence-corrected chi connectivity index (χ3v) is 7.05. The number of fused-ring (bicyclic) bond motifs is 1. The maximum atomic E-state index is 13.6. The van der Waals surface area contributed by atoms with E-state index in [0.29, 0.717) is 23.6 Å². The number of nitrogens with one attached hydrogen (secondary N) is 1.